The van der Waals surface area contributed by atoms with E-state index in [2.05, 4.69) is 41.2 Å². The number of aromatic nitrogens is 14. The van der Waals surface area contributed by atoms with Gasteiger partial charge in [0.1, 0.15) is 46.6 Å². The molecule has 0 aliphatic heterocycles. The van der Waals surface area contributed by atoms with E-state index in [9.17, 15) is 23.7 Å². The number of hydrogen-bond donors (Lipinski definition) is 0. The van der Waals surface area contributed by atoms with Crippen molar-refractivity contribution in [3.05, 3.63) is 191 Å². The smallest absolute Gasteiger partial charge is 0.309 e. The van der Waals surface area contributed by atoms with Crippen molar-refractivity contribution in [2.45, 2.75) is 61.6 Å². The lowest BCUT2D eigenvalue weighted by Crippen LogP contribution is -2.07. The monoisotopic (exact) mass is 1110 g/mol. The van der Waals surface area contributed by atoms with Gasteiger partial charge in [-0.25, -0.2) is 59.8 Å². The Morgan fingerprint density at radius 3 is 1.01 bits per heavy atom. The molecule has 0 bridgehead atoms. The Labute approximate surface area is 477 Å². The van der Waals surface area contributed by atoms with Gasteiger partial charge in [-0.2, -0.15) is 23.7 Å². The molecule has 6 heterocycles. The molecule has 16 nitrogen and oxygen atoms in total. The van der Waals surface area contributed by atoms with Gasteiger partial charge in [-0.3, -0.25) is 0 Å². The lowest BCUT2D eigenvalue weighted by Gasteiger charge is -2.23. The Bertz CT molecular complexity index is 4750. The SMILES string of the molecule is Cc1nc(C)nc(-c2ccc3c(c2)c2cc(-c4nc(C)nc(C)n4)ccc2n3-c2cccc(C#N)c2-c2c(-c3ccc(C(F)(F)F)cc3C#N)cccc2-n2c3ccc(-c4nc(C)nc(C)n4)cc3c3cc(-c4nc(C)nc(C)n4)ccc32)n1. The van der Waals surface area contributed by atoms with Crippen molar-refractivity contribution in [1.29, 1.82) is 10.5 Å². The number of nitriles is 2. The quantitative estimate of drug-likeness (QED) is 0.138. The van der Waals surface area contributed by atoms with E-state index >= 15 is 0 Å². The zero-order valence-electron chi connectivity index (χ0n) is 46.4. The van der Waals surface area contributed by atoms with Crippen molar-refractivity contribution >= 4 is 43.6 Å². The normalized spacial score (nSPS) is 11.7. The number of aryl methyl sites for hydroxylation is 8. The van der Waals surface area contributed by atoms with Gasteiger partial charge in [0, 0.05) is 60.5 Å². The van der Waals surface area contributed by atoms with Crippen molar-refractivity contribution in [2.75, 3.05) is 0 Å². The molecule has 0 aliphatic carbocycles. The van der Waals surface area contributed by atoms with Gasteiger partial charge in [0.15, 0.2) is 23.3 Å². The second kappa shape index (κ2) is 19.9. The zero-order chi connectivity index (χ0) is 58.5. The molecular formula is C65H45F3N16. The van der Waals surface area contributed by atoms with Gasteiger partial charge in [0.2, 0.25) is 0 Å². The van der Waals surface area contributed by atoms with E-state index in [-0.39, 0.29) is 16.7 Å². The van der Waals surface area contributed by atoms with Crippen LogP contribution in [0.1, 0.15) is 63.3 Å². The van der Waals surface area contributed by atoms with Crippen LogP contribution in [0, 0.1) is 78.1 Å². The Morgan fingerprint density at radius 2 is 0.679 bits per heavy atom. The summed E-state index contributed by atoms with van der Waals surface area (Å²) in [6.07, 6.45) is -4.74. The lowest BCUT2D eigenvalue weighted by atomic mass is 9.87. The number of nitrogens with zero attached hydrogens (tertiary/aromatic N) is 16. The van der Waals surface area contributed by atoms with Crippen LogP contribution in [0.15, 0.2) is 127 Å². The van der Waals surface area contributed by atoms with E-state index < -0.39 is 11.7 Å². The van der Waals surface area contributed by atoms with Gasteiger partial charge >= 0.3 is 6.18 Å². The molecule has 0 saturated carbocycles. The van der Waals surface area contributed by atoms with Crippen molar-refractivity contribution in [1.82, 2.24) is 68.9 Å². The second-order valence-electron chi connectivity index (χ2n) is 20.5. The van der Waals surface area contributed by atoms with E-state index in [1.54, 1.807) is 12.1 Å². The third-order valence-electron chi connectivity index (χ3n) is 14.7. The van der Waals surface area contributed by atoms with Crippen LogP contribution in [0.25, 0.3) is 123 Å². The van der Waals surface area contributed by atoms with Gasteiger partial charge in [0.25, 0.3) is 0 Å². The Hall–Kier alpha value is -11.1. The van der Waals surface area contributed by atoms with Crippen molar-refractivity contribution in [3.8, 4) is 91.3 Å². The molecule has 7 aromatic carbocycles. The fourth-order valence-corrected chi connectivity index (χ4v) is 11.4. The van der Waals surface area contributed by atoms with Crippen LogP contribution in [0.2, 0.25) is 0 Å². The summed E-state index contributed by atoms with van der Waals surface area (Å²) in [7, 11) is 0. The minimum atomic E-state index is -4.74. The molecule has 84 heavy (non-hydrogen) atoms. The first kappa shape index (κ1) is 52.3. The minimum Gasteiger partial charge on any atom is -0.309 e. The molecule has 0 N–H and O–H groups in total. The van der Waals surface area contributed by atoms with Gasteiger partial charge in [-0.05, 0) is 164 Å². The van der Waals surface area contributed by atoms with Gasteiger partial charge in [-0.15, -0.1) is 0 Å². The number of halogens is 3. The summed E-state index contributed by atoms with van der Waals surface area (Å²) in [5, 5.41) is 25.6. The van der Waals surface area contributed by atoms with Gasteiger partial charge < -0.3 is 9.13 Å². The van der Waals surface area contributed by atoms with Gasteiger partial charge in [-0.1, -0.05) is 24.3 Å². The predicted octanol–water partition coefficient (Wildman–Crippen LogP) is 13.9. The Kier molecular flexibility index (Phi) is 12.4. The average Bonchev–Trinajstić information content (AvgIpc) is 2.27. The summed E-state index contributed by atoms with van der Waals surface area (Å²) in [6.45, 7) is 14.5. The number of hydrogen-bond acceptors (Lipinski definition) is 14. The molecule has 0 radical (unpaired) electrons. The molecule has 406 valence electrons. The maximum atomic E-state index is 14.6. The highest BCUT2D eigenvalue weighted by molar-refractivity contribution is 6.14. The molecule has 13 aromatic rings. The first-order valence-corrected chi connectivity index (χ1v) is 26.7. The summed E-state index contributed by atoms with van der Waals surface area (Å²) in [5.74, 6) is 6.41. The largest absolute Gasteiger partial charge is 0.416 e. The van der Waals surface area contributed by atoms with Crippen LogP contribution in [0.4, 0.5) is 13.2 Å². The number of alkyl halides is 3. The molecule has 0 amide bonds. The molecule has 0 spiro atoms. The molecule has 0 fully saturated rings. The lowest BCUT2D eigenvalue weighted by molar-refractivity contribution is -0.137. The number of rotatable bonds is 8. The molecule has 0 atom stereocenters. The maximum Gasteiger partial charge on any atom is 0.416 e. The summed E-state index contributed by atoms with van der Waals surface area (Å²) in [6, 6.07) is 42.6. The van der Waals surface area contributed by atoms with Crippen LogP contribution in [-0.4, -0.2) is 68.9 Å². The van der Waals surface area contributed by atoms with Crippen LogP contribution in [-0.2, 0) is 6.18 Å². The van der Waals surface area contributed by atoms with Crippen molar-refractivity contribution < 1.29 is 13.2 Å². The minimum absolute atomic E-state index is 0.217. The molecule has 19 heteroatoms. The third-order valence-corrected chi connectivity index (χ3v) is 14.7. The summed E-state index contributed by atoms with van der Waals surface area (Å²) >= 11 is 0. The Balaban J connectivity index is 1.16. The van der Waals surface area contributed by atoms with Crippen LogP contribution >= 0.6 is 0 Å². The number of benzene rings is 7. The Morgan fingerprint density at radius 1 is 0.345 bits per heavy atom. The van der Waals surface area contributed by atoms with Crippen molar-refractivity contribution in [2.24, 2.45) is 0 Å². The van der Waals surface area contributed by atoms with E-state index in [0.29, 0.717) is 98.0 Å². The topological polar surface area (TPSA) is 212 Å². The fraction of sp³-hybridized carbons (Fsp3) is 0.138. The maximum absolute atomic E-state index is 14.6. The molecule has 0 saturated heterocycles. The first-order chi connectivity index (χ1) is 40.4. The van der Waals surface area contributed by atoms with E-state index in [4.69, 9.17) is 39.9 Å². The zero-order valence-corrected chi connectivity index (χ0v) is 46.4. The van der Waals surface area contributed by atoms with Gasteiger partial charge in [0.05, 0.1) is 62.3 Å². The third kappa shape index (κ3) is 9.04. The second-order valence-corrected chi connectivity index (χ2v) is 20.5. The van der Waals surface area contributed by atoms with E-state index in [0.717, 1.165) is 78.0 Å². The van der Waals surface area contributed by atoms with E-state index in [1.165, 1.54) is 6.07 Å². The van der Waals surface area contributed by atoms with Crippen LogP contribution in [0.3, 0.4) is 0 Å². The molecular weight excluding hydrogens is 1060 g/mol. The van der Waals surface area contributed by atoms with Crippen LogP contribution < -0.4 is 0 Å². The molecule has 13 rings (SSSR count). The van der Waals surface area contributed by atoms with Crippen molar-refractivity contribution in [3.63, 3.8) is 0 Å². The van der Waals surface area contributed by atoms with E-state index in [1.807, 2.05) is 152 Å². The summed E-state index contributed by atoms with van der Waals surface area (Å²) < 4.78 is 47.9. The molecule has 0 unspecified atom stereocenters. The molecule has 0 aliphatic rings. The molecule has 6 aromatic heterocycles. The number of fused-ring (bicyclic) bond motifs is 6. The first-order valence-electron chi connectivity index (χ1n) is 26.7. The standard InChI is InChI=1S/C65H45F3N16/c1-32-71-33(2)76-61(75-32)40-15-21-53-49(26-40)50-27-41(62-77-34(3)72-35(4)78-62)16-22-54(50)83(53)57-13-9-11-44(30-69)59(57)60-48(47-20-19-46(65(66,67)68)25-45(47)31-70)12-10-14-58(60)84-55-23-17-42(63-79-36(5)73-37(6)80-63)28-51(55)52-29-43(18-24-56(52)84)64-81-38(7)74-39(8)82-64/h9-29H,1-8H3. The summed E-state index contributed by atoms with van der Waals surface area (Å²) in [5.41, 5.74) is 7.49. The predicted molar refractivity (Wildman–Crippen MR) is 314 cm³/mol. The fourth-order valence-electron chi connectivity index (χ4n) is 11.4. The highest BCUT2D eigenvalue weighted by Crippen LogP contribution is 2.48. The van der Waals surface area contributed by atoms with Crippen LogP contribution in [0.5, 0.6) is 0 Å². The highest BCUT2D eigenvalue weighted by Gasteiger charge is 2.33. The average molecular weight is 1110 g/mol. The highest BCUT2D eigenvalue weighted by atomic mass is 19.4. The summed E-state index contributed by atoms with van der Waals surface area (Å²) in [4.78, 5) is 55.5.